The molecule has 2 atom stereocenters. The SMILES string of the molecule is O=C(C[C@@H](c1ccc(Cl)cc1)c1cc(F)cc(F)c1)N1C(=O)OC[C@H]1c1ccccc1. The summed E-state index contributed by atoms with van der Waals surface area (Å²) in [6, 6.07) is 18.3. The quantitative estimate of drug-likeness (QED) is 0.498. The molecule has 1 saturated heterocycles. The number of benzene rings is 3. The molecular formula is C24H18ClF2NO3. The molecule has 1 fully saturated rings. The van der Waals surface area contributed by atoms with Gasteiger partial charge < -0.3 is 4.74 Å². The van der Waals surface area contributed by atoms with Crippen LogP contribution in [-0.4, -0.2) is 23.5 Å². The average Bonchev–Trinajstić information content (AvgIpc) is 3.14. The zero-order chi connectivity index (χ0) is 22.0. The van der Waals surface area contributed by atoms with E-state index in [0.717, 1.165) is 16.5 Å². The molecule has 1 aliphatic heterocycles. The van der Waals surface area contributed by atoms with E-state index in [0.29, 0.717) is 10.6 Å². The number of carbonyl (C=O) groups excluding carboxylic acids is 2. The fourth-order valence-corrected chi connectivity index (χ4v) is 3.92. The Morgan fingerprint density at radius 1 is 1.00 bits per heavy atom. The number of halogens is 3. The molecule has 0 aliphatic carbocycles. The molecule has 1 aliphatic rings. The fourth-order valence-electron chi connectivity index (χ4n) is 3.79. The Labute approximate surface area is 183 Å². The Kier molecular flexibility index (Phi) is 6.00. The third kappa shape index (κ3) is 4.59. The Bertz CT molecular complexity index is 1090. The van der Waals surface area contributed by atoms with Gasteiger partial charge in [0.05, 0.1) is 0 Å². The smallest absolute Gasteiger partial charge is 0.417 e. The highest BCUT2D eigenvalue weighted by atomic mass is 35.5. The number of hydrogen-bond donors (Lipinski definition) is 0. The van der Waals surface area contributed by atoms with Gasteiger partial charge in [-0.3, -0.25) is 4.79 Å². The van der Waals surface area contributed by atoms with Crippen molar-refractivity contribution in [1.29, 1.82) is 0 Å². The number of imide groups is 1. The molecule has 4 rings (SSSR count). The number of ether oxygens (including phenoxy) is 1. The number of amides is 2. The Morgan fingerprint density at radius 2 is 1.65 bits per heavy atom. The zero-order valence-electron chi connectivity index (χ0n) is 16.3. The minimum Gasteiger partial charge on any atom is -0.446 e. The number of nitrogens with zero attached hydrogens (tertiary/aromatic N) is 1. The molecule has 1 heterocycles. The first-order valence-electron chi connectivity index (χ1n) is 9.67. The van der Waals surface area contributed by atoms with Crippen LogP contribution in [0.4, 0.5) is 13.6 Å². The monoisotopic (exact) mass is 441 g/mol. The van der Waals surface area contributed by atoms with Crippen LogP contribution >= 0.6 is 11.6 Å². The third-order valence-corrected chi connectivity index (χ3v) is 5.52. The predicted octanol–water partition coefficient (Wildman–Crippen LogP) is 5.86. The lowest BCUT2D eigenvalue weighted by Crippen LogP contribution is -2.35. The van der Waals surface area contributed by atoms with Crippen molar-refractivity contribution in [2.45, 2.75) is 18.4 Å². The summed E-state index contributed by atoms with van der Waals surface area (Å²) in [5, 5.41) is 0.492. The standard InChI is InChI=1S/C24H18ClF2NO3/c25-18-8-6-15(7-9-18)21(17-10-19(26)12-20(27)11-17)13-23(29)28-22(14-31-24(28)30)16-4-2-1-3-5-16/h1-12,21-22H,13-14H2/t21-,22-/m0/s1. The van der Waals surface area contributed by atoms with Gasteiger partial charge in [-0.1, -0.05) is 54.1 Å². The largest absolute Gasteiger partial charge is 0.446 e. The summed E-state index contributed by atoms with van der Waals surface area (Å²) in [7, 11) is 0. The van der Waals surface area contributed by atoms with Crippen molar-refractivity contribution in [2.24, 2.45) is 0 Å². The highest BCUT2D eigenvalue weighted by Crippen LogP contribution is 2.34. The van der Waals surface area contributed by atoms with Crippen molar-refractivity contribution in [3.8, 4) is 0 Å². The van der Waals surface area contributed by atoms with E-state index in [2.05, 4.69) is 0 Å². The normalized spacial score (nSPS) is 16.8. The first-order valence-corrected chi connectivity index (χ1v) is 10.1. The number of hydrogen-bond acceptors (Lipinski definition) is 3. The molecule has 3 aromatic carbocycles. The molecule has 31 heavy (non-hydrogen) atoms. The van der Waals surface area contributed by atoms with Crippen LogP contribution in [0.25, 0.3) is 0 Å². The summed E-state index contributed by atoms with van der Waals surface area (Å²) in [6.07, 6.45) is -0.915. The van der Waals surface area contributed by atoms with Crippen LogP contribution in [0.2, 0.25) is 5.02 Å². The first-order chi connectivity index (χ1) is 14.9. The van der Waals surface area contributed by atoms with E-state index in [4.69, 9.17) is 16.3 Å². The first kappa shape index (κ1) is 21.0. The average molecular weight is 442 g/mol. The van der Waals surface area contributed by atoms with Crippen molar-refractivity contribution < 1.29 is 23.1 Å². The molecule has 7 heteroatoms. The maximum absolute atomic E-state index is 13.9. The molecule has 0 unspecified atom stereocenters. The topological polar surface area (TPSA) is 46.6 Å². The Morgan fingerprint density at radius 3 is 2.29 bits per heavy atom. The molecule has 0 radical (unpaired) electrons. The molecule has 4 nitrogen and oxygen atoms in total. The number of rotatable bonds is 5. The van der Waals surface area contributed by atoms with Crippen LogP contribution in [0.3, 0.4) is 0 Å². The van der Waals surface area contributed by atoms with Gasteiger partial charge in [-0.2, -0.15) is 0 Å². The Hall–Kier alpha value is -3.25. The second kappa shape index (κ2) is 8.86. The molecule has 3 aromatic rings. The lowest BCUT2D eigenvalue weighted by molar-refractivity contribution is -0.129. The number of cyclic esters (lactones) is 1. The highest BCUT2D eigenvalue weighted by molar-refractivity contribution is 6.30. The summed E-state index contributed by atoms with van der Waals surface area (Å²) in [6.45, 7) is 0.0504. The predicted molar refractivity (Wildman–Crippen MR) is 112 cm³/mol. The lowest BCUT2D eigenvalue weighted by Gasteiger charge is -2.24. The van der Waals surface area contributed by atoms with Gasteiger partial charge in [0.25, 0.3) is 0 Å². The second-order valence-electron chi connectivity index (χ2n) is 7.28. The van der Waals surface area contributed by atoms with E-state index in [9.17, 15) is 18.4 Å². The van der Waals surface area contributed by atoms with Crippen LogP contribution in [0.1, 0.15) is 35.1 Å². The zero-order valence-corrected chi connectivity index (χ0v) is 17.1. The molecule has 158 valence electrons. The molecule has 0 spiro atoms. The van der Waals surface area contributed by atoms with Crippen molar-refractivity contribution in [1.82, 2.24) is 4.90 Å². The van der Waals surface area contributed by atoms with E-state index < -0.39 is 35.6 Å². The van der Waals surface area contributed by atoms with Crippen molar-refractivity contribution in [3.05, 3.63) is 106 Å². The maximum Gasteiger partial charge on any atom is 0.417 e. The van der Waals surface area contributed by atoms with Gasteiger partial charge in [0, 0.05) is 23.4 Å². The van der Waals surface area contributed by atoms with E-state index in [-0.39, 0.29) is 18.6 Å². The van der Waals surface area contributed by atoms with Gasteiger partial charge in [0.2, 0.25) is 5.91 Å². The van der Waals surface area contributed by atoms with Gasteiger partial charge in [-0.15, -0.1) is 0 Å². The summed E-state index contributed by atoms with van der Waals surface area (Å²) < 4.78 is 33.0. The van der Waals surface area contributed by atoms with E-state index in [1.54, 1.807) is 24.3 Å². The van der Waals surface area contributed by atoms with Crippen LogP contribution in [0, 0.1) is 11.6 Å². The van der Waals surface area contributed by atoms with Gasteiger partial charge >= 0.3 is 6.09 Å². The maximum atomic E-state index is 13.9. The van der Waals surface area contributed by atoms with E-state index >= 15 is 0 Å². The third-order valence-electron chi connectivity index (χ3n) is 5.26. The number of carbonyl (C=O) groups is 2. The minimum absolute atomic E-state index is 0.0504. The fraction of sp³-hybridized carbons (Fsp3) is 0.167. The summed E-state index contributed by atoms with van der Waals surface area (Å²) >= 11 is 5.97. The van der Waals surface area contributed by atoms with E-state index in [1.807, 2.05) is 30.3 Å². The molecule has 0 bridgehead atoms. The van der Waals surface area contributed by atoms with E-state index in [1.165, 1.54) is 12.1 Å². The Balaban J connectivity index is 1.68. The highest BCUT2D eigenvalue weighted by Gasteiger charge is 2.39. The molecule has 0 saturated carbocycles. The van der Waals surface area contributed by atoms with Crippen LogP contribution in [0.5, 0.6) is 0 Å². The molecule has 0 N–H and O–H groups in total. The van der Waals surface area contributed by atoms with Gasteiger partial charge in [0.1, 0.15) is 24.3 Å². The van der Waals surface area contributed by atoms with Crippen molar-refractivity contribution >= 4 is 23.6 Å². The lowest BCUT2D eigenvalue weighted by atomic mass is 9.87. The summed E-state index contributed by atoms with van der Waals surface area (Å²) in [4.78, 5) is 26.7. The molecule has 2 amide bonds. The molecule has 0 aromatic heterocycles. The van der Waals surface area contributed by atoms with Gasteiger partial charge in [0.15, 0.2) is 0 Å². The van der Waals surface area contributed by atoms with Crippen LogP contribution in [0.15, 0.2) is 72.8 Å². The van der Waals surface area contributed by atoms with Gasteiger partial charge in [-0.25, -0.2) is 18.5 Å². The van der Waals surface area contributed by atoms with Gasteiger partial charge in [-0.05, 0) is 41.0 Å². The minimum atomic E-state index is -0.746. The second-order valence-corrected chi connectivity index (χ2v) is 7.71. The summed E-state index contributed by atoms with van der Waals surface area (Å²) in [5.41, 5.74) is 1.70. The summed E-state index contributed by atoms with van der Waals surface area (Å²) in [5.74, 6) is -2.67. The van der Waals surface area contributed by atoms with Crippen LogP contribution in [-0.2, 0) is 9.53 Å². The van der Waals surface area contributed by atoms with Crippen LogP contribution < -0.4 is 0 Å². The van der Waals surface area contributed by atoms with Crippen molar-refractivity contribution in [2.75, 3.05) is 6.61 Å². The van der Waals surface area contributed by atoms with Crippen molar-refractivity contribution in [3.63, 3.8) is 0 Å². The molecular weight excluding hydrogens is 424 g/mol.